The van der Waals surface area contributed by atoms with E-state index in [1.54, 1.807) is 0 Å². The molecule has 0 aliphatic rings. The molecule has 0 bridgehead atoms. The quantitative estimate of drug-likeness (QED) is 0.668. The van der Waals surface area contributed by atoms with Crippen LogP contribution in [-0.4, -0.2) is 15.8 Å². The van der Waals surface area contributed by atoms with Gasteiger partial charge in [0.1, 0.15) is 0 Å². The highest BCUT2D eigenvalue weighted by molar-refractivity contribution is 5.02. The van der Waals surface area contributed by atoms with Crippen molar-refractivity contribution in [2.75, 3.05) is 0 Å². The molecule has 0 radical (unpaired) electrons. The van der Waals surface area contributed by atoms with Gasteiger partial charge in [0.05, 0.1) is 6.20 Å². The molecule has 0 spiro atoms. The summed E-state index contributed by atoms with van der Waals surface area (Å²) in [6.45, 7) is 5.47. The van der Waals surface area contributed by atoms with Crippen LogP contribution in [0.5, 0.6) is 0 Å². The average molecular weight is 237 g/mol. The van der Waals surface area contributed by atoms with E-state index in [4.69, 9.17) is 0 Å². The van der Waals surface area contributed by atoms with Gasteiger partial charge in [0.25, 0.3) is 0 Å². The number of aromatic nitrogens is 2. The molecule has 0 amide bonds. The third-order valence-corrected chi connectivity index (χ3v) is 3.15. The maximum atomic E-state index is 4.17. The van der Waals surface area contributed by atoms with Gasteiger partial charge >= 0.3 is 0 Å². The minimum atomic E-state index is 0.608. The van der Waals surface area contributed by atoms with Gasteiger partial charge in [-0.15, -0.1) is 0 Å². The van der Waals surface area contributed by atoms with Gasteiger partial charge < -0.3 is 5.32 Å². The standard InChI is InChI=1S/C14H27N3/c1-4-5-6-7-8-9-13(2)15-10-14-11-16-17(3)12-14/h11-13,15H,4-10H2,1-3H3. The Morgan fingerprint density at radius 1 is 1.29 bits per heavy atom. The van der Waals surface area contributed by atoms with Gasteiger partial charge in [-0.3, -0.25) is 4.68 Å². The van der Waals surface area contributed by atoms with Gasteiger partial charge in [-0.1, -0.05) is 39.0 Å². The lowest BCUT2D eigenvalue weighted by Gasteiger charge is -2.12. The topological polar surface area (TPSA) is 29.9 Å². The van der Waals surface area contributed by atoms with Crippen LogP contribution in [0, 0.1) is 0 Å². The van der Waals surface area contributed by atoms with E-state index < -0.39 is 0 Å². The Morgan fingerprint density at radius 3 is 2.71 bits per heavy atom. The number of unbranched alkanes of at least 4 members (excludes halogenated alkanes) is 4. The van der Waals surface area contributed by atoms with Crippen molar-refractivity contribution in [2.24, 2.45) is 7.05 Å². The fourth-order valence-corrected chi connectivity index (χ4v) is 2.01. The average Bonchev–Trinajstić information content (AvgIpc) is 2.72. The normalized spacial score (nSPS) is 12.9. The third kappa shape index (κ3) is 6.47. The first-order valence-electron chi connectivity index (χ1n) is 6.93. The summed E-state index contributed by atoms with van der Waals surface area (Å²) < 4.78 is 1.85. The van der Waals surface area contributed by atoms with E-state index in [1.807, 2.05) is 17.9 Å². The Hall–Kier alpha value is -0.830. The molecule has 1 atom stereocenters. The van der Waals surface area contributed by atoms with Gasteiger partial charge in [0.2, 0.25) is 0 Å². The zero-order valence-corrected chi connectivity index (χ0v) is 11.6. The molecular weight excluding hydrogens is 210 g/mol. The van der Waals surface area contributed by atoms with Crippen LogP contribution >= 0.6 is 0 Å². The Balaban J connectivity index is 2.03. The van der Waals surface area contributed by atoms with Gasteiger partial charge in [-0.2, -0.15) is 5.10 Å². The summed E-state index contributed by atoms with van der Waals surface area (Å²) in [5.74, 6) is 0. The predicted molar refractivity (Wildman–Crippen MR) is 72.9 cm³/mol. The van der Waals surface area contributed by atoms with Crippen molar-refractivity contribution < 1.29 is 0 Å². The Morgan fingerprint density at radius 2 is 2.06 bits per heavy atom. The molecule has 17 heavy (non-hydrogen) atoms. The number of aryl methyl sites for hydroxylation is 1. The molecule has 0 saturated carbocycles. The third-order valence-electron chi connectivity index (χ3n) is 3.15. The molecule has 1 aromatic rings. The van der Waals surface area contributed by atoms with E-state index >= 15 is 0 Å². The first-order chi connectivity index (χ1) is 8.22. The molecule has 98 valence electrons. The van der Waals surface area contributed by atoms with Gasteiger partial charge in [0, 0.05) is 31.4 Å². The highest BCUT2D eigenvalue weighted by Crippen LogP contribution is 2.07. The van der Waals surface area contributed by atoms with Crippen molar-refractivity contribution in [3.05, 3.63) is 18.0 Å². The molecule has 1 heterocycles. The Bertz CT molecular complexity index is 293. The summed E-state index contributed by atoms with van der Waals surface area (Å²) >= 11 is 0. The molecule has 3 heteroatoms. The molecule has 1 unspecified atom stereocenters. The minimum absolute atomic E-state index is 0.608. The van der Waals surface area contributed by atoms with E-state index in [9.17, 15) is 0 Å². The first-order valence-corrected chi connectivity index (χ1v) is 6.93. The zero-order valence-electron chi connectivity index (χ0n) is 11.6. The smallest absolute Gasteiger partial charge is 0.0534 e. The highest BCUT2D eigenvalue weighted by Gasteiger charge is 2.02. The Labute approximate surface area is 106 Å². The second-order valence-corrected chi connectivity index (χ2v) is 5.01. The van der Waals surface area contributed by atoms with Crippen molar-refractivity contribution in [1.29, 1.82) is 0 Å². The monoisotopic (exact) mass is 237 g/mol. The maximum absolute atomic E-state index is 4.17. The molecule has 0 aliphatic heterocycles. The van der Waals surface area contributed by atoms with Crippen molar-refractivity contribution >= 4 is 0 Å². The molecule has 1 aromatic heterocycles. The van der Waals surface area contributed by atoms with Crippen molar-refractivity contribution in [3.8, 4) is 0 Å². The fourth-order valence-electron chi connectivity index (χ4n) is 2.01. The van der Waals surface area contributed by atoms with Gasteiger partial charge in [-0.25, -0.2) is 0 Å². The van der Waals surface area contributed by atoms with E-state index in [2.05, 4.69) is 30.5 Å². The number of rotatable bonds is 9. The lowest BCUT2D eigenvalue weighted by atomic mass is 10.1. The van der Waals surface area contributed by atoms with Gasteiger partial charge in [0.15, 0.2) is 0 Å². The number of nitrogens with one attached hydrogen (secondary N) is 1. The summed E-state index contributed by atoms with van der Waals surface area (Å²) in [7, 11) is 1.96. The van der Waals surface area contributed by atoms with Crippen LogP contribution in [0.25, 0.3) is 0 Å². The highest BCUT2D eigenvalue weighted by atomic mass is 15.2. The van der Waals surface area contributed by atoms with Gasteiger partial charge in [-0.05, 0) is 13.3 Å². The van der Waals surface area contributed by atoms with Crippen LogP contribution in [0.15, 0.2) is 12.4 Å². The summed E-state index contributed by atoms with van der Waals surface area (Å²) in [6, 6.07) is 0.608. The summed E-state index contributed by atoms with van der Waals surface area (Å²) in [5, 5.41) is 7.72. The minimum Gasteiger partial charge on any atom is -0.310 e. The lowest BCUT2D eigenvalue weighted by molar-refractivity contribution is 0.480. The largest absolute Gasteiger partial charge is 0.310 e. The van der Waals surface area contributed by atoms with Crippen LogP contribution in [0.4, 0.5) is 0 Å². The maximum Gasteiger partial charge on any atom is 0.0534 e. The molecular formula is C14H27N3. The van der Waals surface area contributed by atoms with Crippen LogP contribution in [0.2, 0.25) is 0 Å². The van der Waals surface area contributed by atoms with Crippen LogP contribution in [0.1, 0.15) is 57.9 Å². The lowest BCUT2D eigenvalue weighted by Crippen LogP contribution is -2.25. The van der Waals surface area contributed by atoms with E-state index in [0.29, 0.717) is 6.04 Å². The molecule has 0 saturated heterocycles. The van der Waals surface area contributed by atoms with E-state index in [1.165, 1.54) is 44.1 Å². The predicted octanol–water partition coefficient (Wildman–Crippen LogP) is 3.26. The van der Waals surface area contributed by atoms with Crippen LogP contribution < -0.4 is 5.32 Å². The van der Waals surface area contributed by atoms with E-state index in [0.717, 1.165) is 6.54 Å². The molecule has 0 fully saturated rings. The number of hydrogen-bond donors (Lipinski definition) is 1. The van der Waals surface area contributed by atoms with Crippen LogP contribution in [-0.2, 0) is 13.6 Å². The fraction of sp³-hybridized carbons (Fsp3) is 0.786. The summed E-state index contributed by atoms with van der Waals surface area (Å²) in [5.41, 5.74) is 1.27. The second-order valence-electron chi connectivity index (χ2n) is 5.01. The first kappa shape index (κ1) is 14.2. The van der Waals surface area contributed by atoms with Crippen LogP contribution in [0.3, 0.4) is 0 Å². The molecule has 0 aliphatic carbocycles. The molecule has 1 rings (SSSR count). The number of nitrogens with zero attached hydrogens (tertiary/aromatic N) is 2. The molecule has 3 nitrogen and oxygen atoms in total. The summed E-state index contributed by atoms with van der Waals surface area (Å²) in [6.07, 6.45) is 12.1. The molecule has 0 aromatic carbocycles. The summed E-state index contributed by atoms with van der Waals surface area (Å²) in [4.78, 5) is 0. The van der Waals surface area contributed by atoms with Crippen molar-refractivity contribution in [2.45, 2.75) is 65.0 Å². The molecule has 1 N–H and O–H groups in total. The van der Waals surface area contributed by atoms with Crippen molar-refractivity contribution in [3.63, 3.8) is 0 Å². The zero-order chi connectivity index (χ0) is 12.5. The SMILES string of the molecule is CCCCCCCC(C)NCc1cnn(C)c1. The van der Waals surface area contributed by atoms with E-state index in [-0.39, 0.29) is 0 Å². The van der Waals surface area contributed by atoms with Crippen molar-refractivity contribution in [1.82, 2.24) is 15.1 Å². The second kappa shape index (κ2) is 8.29. The Kier molecular flexibility index (Phi) is 6.94. The number of hydrogen-bond acceptors (Lipinski definition) is 2.